The van der Waals surface area contributed by atoms with Gasteiger partial charge in [0.1, 0.15) is 5.15 Å². The van der Waals surface area contributed by atoms with Crippen molar-refractivity contribution in [3.05, 3.63) is 28.5 Å². The molecule has 10 heavy (non-hydrogen) atoms. The number of hydrogen-bond donors (Lipinski definition) is 1. The zero-order chi connectivity index (χ0) is 7.56. The summed E-state index contributed by atoms with van der Waals surface area (Å²) in [6, 6.07) is 1.82. The third-order valence-corrected chi connectivity index (χ3v) is 1.47. The monoisotopic (exact) mass is 154 g/mol. The maximum atomic E-state index is 6.93. The van der Waals surface area contributed by atoms with Gasteiger partial charge in [0, 0.05) is 18.0 Å². The van der Waals surface area contributed by atoms with Gasteiger partial charge in [-0.2, -0.15) is 0 Å². The molecular formula is C7H7ClN2. The van der Waals surface area contributed by atoms with Gasteiger partial charge >= 0.3 is 0 Å². The molecule has 0 radical (unpaired) electrons. The standard InChI is InChI=1S/C7H7ClN2/c1-5-2-6(3-9)7(8)10-4-5/h2-4,9H,1H3. The van der Waals surface area contributed by atoms with Crippen molar-refractivity contribution in [3.63, 3.8) is 0 Å². The largest absolute Gasteiger partial charge is 0.308 e. The van der Waals surface area contributed by atoms with E-state index in [1.807, 2.05) is 13.0 Å². The summed E-state index contributed by atoms with van der Waals surface area (Å²) < 4.78 is 0. The van der Waals surface area contributed by atoms with Gasteiger partial charge in [0.2, 0.25) is 0 Å². The molecule has 0 aromatic carbocycles. The van der Waals surface area contributed by atoms with E-state index in [1.54, 1.807) is 6.20 Å². The third-order valence-electron chi connectivity index (χ3n) is 1.16. The molecule has 0 fully saturated rings. The molecule has 2 nitrogen and oxygen atoms in total. The fraction of sp³-hybridized carbons (Fsp3) is 0.143. The van der Waals surface area contributed by atoms with Gasteiger partial charge in [0.25, 0.3) is 0 Å². The Morgan fingerprint density at radius 1 is 1.70 bits per heavy atom. The molecule has 0 bridgehead atoms. The second-order valence-electron chi connectivity index (χ2n) is 2.04. The van der Waals surface area contributed by atoms with E-state index in [1.165, 1.54) is 6.21 Å². The lowest BCUT2D eigenvalue weighted by molar-refractivity contribution is 1.26. The van der Waals surface area contributed by atoms with E-state index >= 15 is 0 Å². The Labute approximate surface area is 64.4 Å². The SMILES string of the molecule is Cc1cnc(Cl)c(C=N)c1. The third kappa shape index (κ3) is 1.33. The summed E-state index contributed by atoms with van der Waals surface area (Å²) in [6.45, 7) is 1.91. The minimum atomic E-state index is 0.389. The van der Waals surface area contributed by atoms with Gasteiger partial charge in [-0.05, 0) is 18.6 Å². The Bertz CT molecular complexity index is 258. The fourth-order valence-electron chi connectivity index (χ4n) is 0.676. The number of hydrogen-bond acceptors (Lipinski definition) is 2. The summed E-state index contributed by atoms with van der Waals surface area (Å²) in [5.74, 6) is 0. The Morgan fingerprint density at radius 3 is 2.90 bits per heavy atom. The molecule has 0 unspecified atom stereocenters. The van der Waals surface area contributed by atoms with Crippen LogP contribution in [0.15, 0.2) is 12.3 Å². The summed E-state index contributed by atoms with van der Waals surface area (Å²) >= 11 is 5.63. The maximum absolute atomic E-state index is 6.93. The van der Waals surface area contributed by atoms with Crippen LogP contribution in [0.1, 0.15) is 11.1 Å². The minimum Gasteiger partial charge on any atom is -0.308 e. The Morgan fingerprint density at radius 2 is 2.40 bits per heavy atom. The molecular weight excluding hydrogens is 148 g/mol. The normalized spacial score (nSPS) is 9.40. The number of pyridine rings is 1. The molecule has 1 heterocycles. The smallest absolute Gasteiger partial charge is 0.137 e. The van der Waals surface area contributed by atoms with E-state index in [2.05, 4.69) is 4.98 Å². The van der Waals surface area contributed by atoms with Crippen LogP contribution in [0.4, 0.5) is 0 Å². The second-order valence-corrected chi connectivity index (χ2v) is 2.40. The number of aryl methyl sites for hydroxylation is 1. The molecule has 1 aromatic heterocycles. The maximum Gasteiger partial charge on any atom is 0.137 e. The number of rotatable bonds is 1. The summed E-state index contributed by atoms with van der Waals surface area (Å²) in [7, 11) is 0. The molecule has 52 valence electrons. The first-order chi connectivity index (χ1) is 4.74. The summed E-state index contributed by atoms with van der Waals surface area (Å²) in [6.07, 6.45) is 2.87. The van der Waals surface area contributed by atoms with Crippen molar-refractivity contribution in [3.8, 4) is 0 Å². The van der Waals surface area contributed by atoms with Crippen LogP contribution < -0.4 is 0 Å². The van der Waals surface area contributed by atoms with Crippen molar-refractivity contribution >= 4 is 17.8 Å². The first-order valence-electron chi connectivity index (χ1n) is 2.86. The van der Waals surface area contributed by atoms with E-state index in [9.17, 15) is 0 Å². The van der Waals surface area contributed by atoms with E-state index in [4.69, 9.17) is 17.0 Å². The lowest BCUT2D eigenvalue weighted by Gasteiger charge is -1.95. The van der Waals surface area contributed by atoms with Gasteiger partial charge in [-0.15, -0.1) is 0 Å². The van der Waals surface area contributed by atoms with Crippen molar-refractivity contribution in [2.45, 2.75) is 6.92 Å². The van der Waals surface area contributed by atoms with Gasteiger partial charge in [-0.1, -0.05) is 11.6 Å². The topological polar surface area (TPSA) is 36.7 Å². The van der Waals surface area contributed by atoms with E-state index in [-0.39, 0.29) is 0 Å². The summed E-state index contributed by atoms with van der Waals surface area (Å²) in [4.78, 5) is 3.86. The molecule has 1 N–H and O–H groups in total. The predicted molar refractivity (Wildman–Crippen MR) is 41.9 cm³/mol. The van der Waals surface area contributed by atoms with Crippen LogP contribution in [0.3, 0.4) is 0 Å². The van der Waals surface area contributed by atoms with Crippen molar-refractivity contribution in [1.29, 1.82) is 5.41 Å². The molecule has 0 aliphatic heterocycles. The highest BCUT2D eigenvalue weighted by atomic mass is 35.5. The number of aromatic nitrogens is 1. The molecule has 3 heteroatoms. The van der Waals surface area contributed by atoms with Crippen LogP contribution >= 0.6 is 11.6 Å². The average molecular weight is 155 g/mol. The van der Waals surface area contributed by atoms with Crippen LogP contribution in [0, 0.1) is 12.3 Å². The first kappa shape index (κ1) is 7.22. The number of nitrogens with one attached hydrogen (secondary N) is 1. The van der Waals surface area contributed by atoms with Crippen LogP contribution in [0.25, 0.3) is 0 Å². The van der Waals surface area contributed by atoms with E-state index in [0.717, 1.165) is 5.56 Å². The second kappa shape index (κ2) is 2.80. The zero-order valence-corrected chi connectivity index (χ0v) is 6.31. The summed E-state index contributed by atoms with van der Waals surface area (Å²) in [5.41, 5.74) is 1.68. The van der Waals surface area contributed by atoms with Crippen molar-refractivity contribution < 1.29 is 0 Å². The van der Waals surface area contributed by atoms with Gasteiger partial charge in [-0.3, -0.25) is 0 Å². The molecule has 0 saturated carbocycles. The predicted octanol–water partition coefficient (Wildman–Crippen LogP) is 2.04. The highest BCUT2D eigenvalue weighted by Gasteiger charge is 1.96. The highest BCUT2D eigenvalue weighted by molar-refractivity contribution is 6.31. The van der Waals surface area contributed by atoms with Crippen LogP contribution in [0.5, 0.6) is 0 Å². The van der Waals surface area contributed by atoms with Crippen molar-refractivity contribution in [1.82, 2.24) is 4.98 Å². The van der Waals surface area contributed by atoms with E-state index < -0.39 is 0 Å². The number of halogens is 1. The Kier molecular flexibility index (Phi) is 2.02. The van der Waals surface area contributed by atoms with Crippen molar-refractivity contribution in [2.75, 3.05) is 0 Å². The van der Waals surface area contributed by atoms with E-state index in [0.29, 0.717) is 10.7 Å². The first-order valence-corrected chi connectivity index (χ1v) is 3.24. The quantitative estimate of drug-likeness (QED) is 0.488. The molecule has 1 aromatic rings. The highest BCUT2D eigenvalue weighted by Crippen LogP contribution is 2.10. The summed E-state index contributed by atoms with van der Waals surface area (Å²) in [5, 5.41) is 7.32. The van der Waals surface area contributed by atoms with Crippen LogP contribution in [0.2, 0.25) is 5.15 Å². The lowest BCUT2D eigenvalue weighted by atomic mass is 10.2. The molecule has 0 amide bonds. The Hall–Kier alpha value is -0.890. The molecule has 0 aliphatic rings. The minimum absolute atomic E-state index is 0.389. The molecule has 0 atom stereocenters. The van der Waals surface area contributed by atoms with Gasteiger partial charge < -0.3 is 5.41 Å². The molecule has 0 saturated heterocycles. The lowest BCUT2D eigenvalue weighted by Crippen LogP contribution is -1.86. The fourth-order valence-corrected chi connectivity index (χ4v) is 0.834. The molecule has 0 aliphatic carbocycles. The molecule has 0 spiro atoms. The van der Waals surface area contributed by atoms with Crippen molar-refractivity contribution in [2.24, 2.45) is 0 Å². The van der Waals surface area contributed by atoms with Gasteiger partial charge in [0.05, 0.1) is 0 Å². The zero-order valence-electron chi connectivity index (χ0n) is 5.56. The average Bonchev–Trinajstić information content (AvgIpc) is 1.94. The van der Waals surface area contributed by atoms with Crippen LogP contribution in [-0.2, 0) is 0 Å². The van der Waals surface area contributed by atoms with Gasteiger partial charge in [0.15, 0.2) is 0 Å². The van der Waals surface area contributed by atoms with Gasteiger partial charge in [-0.25, -0.2) is 4.98 Å². The molecule has 1 rings (SSSR count). The Balaban J connectivity index is 3.21. The van der Waals surface area contributed by atoms with Crippen LogP contribution in [-0.4, -0.2) is 11.2 Å². The number of nitrogens with zero attached hydrogens (tertiary/aromatic N) is 1.